The van der Waals surface area contributed by atoms with E-state index in [1.807, 2.05) is 0 Å². The van der Waals surface area contributed by atoms with Gasteiger partial charge >= 0.3 is 10.4 Å². The van der Waals surface area contributed by atoms with E-state index >= 15 is 0 Å². The van der Waals surface area contributed by atoms with Crippen LogP contribution in [0.25, 0.3) is 0 Å². The minimum absolute atomic E-state index is 0.00709. The Morgan fingerprint density at radius 3 is 2.42 bits per heavy atom. The first-order valence-electron chi connectivity index (χ1n) is 4.94. The van der Waals surface area contributed by atoms with Crippen molar-refractivity contribution >= 4 is 25.9 Å². The topological polar surface area (TPSA) is 133 Å². The summed E-state index contributed by atoms with van der Waals surface area (Å²) in [7, 11) is -7.16. The molecule has 0 aromatic heterocycles. The lowest BCUT2D eigenvalue weighted by atomic mass is 10.3. The molecular weight excluding hydrogens is 298 g/mol. The molecule has 0 unspecified atom stereocenters. The molecule has 0 radical (unpaired) electrons. The van der Waals surface area contributed by atoms with Crippen LogP contribution in [0.15, 0.2) is 23.1 Å². The summed E-state index contributed by atoms with van der Waals surface area (Å²) in [6.45, 7) is -0.710. The van der Waals surface area contributed by atoms with Crippen LogP contribution < -0.4 is 10.5 Å². The highest BCUT2D eigenvalue weighted by Gasteiger charge is 2.20. The van der Waals surface area contributed by atoms with E-state index in [1.165, 1.54) is 25.3 Å². The summed E-state index contributed by atoms with van der Waals surface area (Å²) in [4.78, 5) is -0.189. The van der Waals surface area contributed by atoms with E-state index in [9.17, 15) is 16.8 Å². The van der Waals surface area contributed by atoms with Crippen LogP contribution in [0.5, 0.6) is 5.75 Å². The van der Waals surface area contributed by atoms with Crippen molar-refractivity contribution in [1.82, 2.24) is 0 Å². The van der Waals surface area contributed by atoms with Crippen molar-refractivity contribution < 1.29 is 30.3 Å². The van der Waals surface area contributed by atoms with Gasteiger partial charge in [0.25, 0.3) is 0 Å². The van der Waals surface area contributed by atoms with Gasteiger partial charge in [-0.3, -0.25) is 4.55 Å². The van der Waals surface area contributed by atoms with Gasteiger partial charge in [0.2, 0.25) is 0 Å². The molecule has 0 spiro atoms. The molecule has 0 heterocycles. The minimum atomic E-state index is -4.67. The van der Waals surface area contributed by atoms with Crippen LogP contribution in [-0.4, -0.2) is 40.9 Å². The van der Waals surface area contributed by atoms with E-state index in [1.54, 1.807) is 0 Å². The van der Waals surface area contributed by atoms with Crippen LogP contribution in [0.4, 0.5) is 5.69 Å². The molecule has 0 aliphatic rings. The van der Waals surface area contributed by atoms with Gasteiger partial charge in [0.15, 0.2) is 9.84 Å². The maximum absolute atomic E-state index is 11.9. The van der Waals surface area contributed by atoms with Crippen molar-refractivity contribution in [1.29, 1.82) is 0 Å². The van der Waals surface area contributed by atoms with E-state index in [0.717, 1.165) is 0 Å². The number of nitrogens with two attached hydrogens (primary N) is 1. The fourth-order valence-electron chi connectivity index (χ4n) is 1.27. The Morgan fingerprint density at radius 2 is 1.89 bits per heavy atom. The number of rotatable bonds is 6. The molecule has 0 fully saturated rings. The largest absolute Gasteiger partial charge is 0.497 e. The second-order valence-corrected chi connectivity index (χ2v) is 6.64. The maximum Gasteiger partial charge on any atom is 0.397 e. The Bertz CT molecular complexity index is 651. The Balaban J connectivity index is 2.94. The molecule has 3 N–H and O–H groups in total. The second kappa shape index (κ2) is 5.74. The second-order valence-electron chi connectivity index (χ2n) is 3.47. The third kappa shape index (κ3) is 4.67. The highest BCUT2D eigenvalue weighted by atomic mass is 32.3. The van der Waals surface area contributed by atoms with Crippen molar-refractivity contribution in [2.24, 2.45) is 0 Å². The van der Waals surface area contributed by atoms with Crippen molar-refractivity contribution in [3.8, 4) is 5.75 Å². The molecule has 1 aromatic rings. The van der Waals surface area contributed by atoms with Gasteiger partial charge < -0.3 is 10.5 Å². The molecule has 8 nitrogen and oxygen atoms in total. The van der Waals surface area contributed by atoms with Gasteiger partial charge in [0.1, 0.15) is 5.75 Å². The average Bonchev–Trinajstić information content (AvgIpc) is 2.27. The summed E-state index contributed by atoms with van der Waals surface area (Å²) >= 11 is 0. The zero-order valence-electron chi connectivity index (χ0n) is 9.94. The molecule has 10 heteroatoms. The molecule has 0 amide bonds. The van der Waals surface area contributed by atoms with Gasteiger partial charge in [-0.1, -0.05) is 0 Å². The number of sulfone groups is 1. The highest BCUT2D eigenvalue weighted by molar-refractivity contribution is 7.91. The van der Waals surface area contributed by atoms with Crippen LogP contribution in [-0.2, 0) is 24.4 Å². The molecule has 0 bridgehead atoms. The summed E-state index contributed by atoms with van der Waals surface area (Å²) in [6.07, 6.45) is 0. The normalized spacial score (nSPS) is 12.3. The van der Waals surface area contributed by atoms with E-state index in [0.29, 0.717) is 5.75 Å². The summed E-state index contributed by atoms with van der Waals surface area (Å²) in [5.41, 5.74) is 5.55. The Hall–Kier alpha value is -1.36. The fourth-order valence-corrected chi connectivity index (χ4v) is 2.91. The van der Waals surface area contributed by atoms with Crippen LogP contribution in [0, 0.1) is 0 Å². The molecule has 1 aromatic carbocycles. The van der Waals surface area contributed by atoms with Gasteiger partial charge in [0, 0.05) is 6.07 Å². The molecule has 19 heavy (non-hydrogen) atoms. The third-order valence-electron chi connectivity index (χ3n) is 2.14. The molecule has 0 saturated carbocycles. The van der Waals surface area contributed by atoms with E-state index in [-0.39, 0.29) is 10.6 Å². The van der Waals surface area contributed by atoms with E-state index in [4.69, 9.17) is 15.0 Å². The lowest BCUT2D eigenvalue weighted by molar-refractivity contribution is 0.284. The predicted molar refractivity (Wildman–Crippen MR) is 67.0 cm³/mol. The fraction of sp³-hybridized carbons (Fsp3) is 0.333. The number of ether oxygens (including phenoxy) is 1. The molecule has 1 rings (SSSR count). The monoisotopic (exact) mass is 311 g/mol. The highest BCUT2D eigenvalue weighted by Crippen LogP contribution is 2.24. The standard InChI is InChI=1S/C9H13NO7S2/c1-16-7-2-3-8(10)9(6-7)18(11,12)5-4-17-19(13,14)15/h2-3,6H,4-5,10H2,1H3,(H,13,14,15). The molecule has 0 aliphatic heterocycles. The predicted octanol–water partition coefficient (Wildman–Crippen LogP) is -0.129. The summed E-state index contributed by atoms with van der Waals surface area (Å²) in [6, 6.07) is 4.07. The molecule has 0 aliphatic carbocycles. The summed E-state index contributed by atoms with van der Waals surface area (Å²) in [5, 5.41) is 0. The van der Waals surface area contributed by atoms with Gasteiger partial charge in [0.05, 0.1) is 30.1 Å². The molecule has 0 atom stereocenters. The Kier molecular flexibility index (Phi) is 4.74. The Labute approximate surface area is 111 Å². The third-order valence-corrected chi connectivity index (χ3v) is 4.33. The van der Waals surface area contributed by atoms with Crippen LogP contribution in [0.3, 0.4) is 0 Å². The smallest absolute Gasteiger partial charge is 0.397 e. The number of hydrogen-bond donors (Lipinski definition) is 2. The molecule has 0 saturated heterocycles. The number of hydrogen-bond acceptors (Lipinski definition) is 7. The van der Waals surface area contributed by atoms with E-state index < -0.39 is 32.6 Å². The first-order valence-corrected chi connectivity index (χ1v) is 7.95. The van der Waals surface area contributed by atoms with Gasteiger partial charge in [-0.2, -0.15) is 8.42 Å². The van der Waals surface area contributed by atoms with Crippen LogP contribution in [0.1, 0.15) is 0 Å². The number of nitrogen functional groups attached to an aromatic ring is 1. The van der Waals surface area contributed by atoms with Gasteiger partial charge in [-0.25, -0.2) is 12.6 Å². The van der Waals surface area contributed by atoms with Crippen molar-refractivity contribution in [2.45, 2.75) is 4.90 Å². The molecule has 108 valence electrons. The van der Waals surface area contributed by atoms with Crippen molar-refractivity contribution in [3.63, 3.8) is 0 Å². The number of methoxy groups -OCH3 is 1. The summed E-state index contributed by atoms with van der Waals surface area (Å²) in [5.74, 6) is -0.354. The number of benzene rings is 1. The maximum atomic E-state index is 11.9. The minimum Gasteiger partial charge on any atom is -0.497 e. The SMILES string of the molecule is COc1ccc(N)c(S(=O)(=O)CCOS(=O)(=O)O)c1. The average molecular weight is 311 g/mol. The van der Waals surface area contributed by atoms with Crippen molar-refractivity contribution in [2.75, 3.05) is 25.2 Å². The zero-order valence-corrected chi connectivity index (χ0v) is 11.6. The molecular formula is C9H13NO7S2. The van der Waals surface area contributed by atoms with Gasteiger partial charge in [-0.15, -0.1) is 0 Å². The van der Waals surface area contributed by atoms with Crippen molar-refractivity contribution in [3.05, 3.63) is 18.2 Å². The zero-order chi connectivity index (χ0) is 14.7. The number of anilines is 1. The van der Waals surface area contributed by atoms with Crippen LogP contribution in [0.2, 0.25) is 0 Å². The van der Waals surface area contributed by atoms with E-state index in [2.05, 4.69) is 4.18 Å². The van der Waals surface area contributed by atoms with Gasteiger partial charge in [-0.05, 0) is 12.1 Å². The summed E-state index contributed by atoms with van der Waals surface area (Å²) < 4.78 is 61.6. The Morgan fingerprint density at radius 1 is 1.26 bits per heavy atom. The van der Waals surface area contributed by atoms with Crippen LogP contribution >= 0.6 is 0 Å². The first-order chi connectivity index (χ1) is 8.65. The lowest BCUT2D eigenvalue weighted by Gasteiger charge is -2.09. The first kappa shape index (κ1) is 15.7. The quantitative estimate of drug-likeness (QED) is 0.548. The lowest BCUT2D eigenvalue weighted by Crippen LogP contribution is -2.16.